The van der Waals surface area contributed by atoms with Crippen molar-refractivity contribution in [2.24, 2.45) is 0 Å². The van der Waals surface area contributed by atoms with Gasteiger partial charge in [-0.2, -0.15) is 0 Å². The molecule has 110 valence electrons. The Kier molecular flexibility index (Phi) is 4.99. The lowest BCUT2D eigenvalue weighted by Gasteiger charge is -2.18. The van der Waals surface area contributed by atoms with E-state index in [-0.39, 0.29) is 12.5 Å². The zero-order valence-electron chi connectivity index (χ0n) is 12.1. The molecular weight excluding hydrogens is 286 g/mol. The summed E-state index contributed by atoms with van der Waals surface area (Å²) in [5.74, 6) is -0.193. The maximum absolute atomic E-state index is 12.3. The molecule has 0 bridgehead atoms. The van der Waals surface area contributed by atoms with Crippen molar-refractivity contribution in [2.45, 2.75) is 19.9 Å². The Labute approximate surface area is 129 Å². The molecule has 0 aliphatic rings. The van der Waals surface area contributed by atoms with Gasteiger partial charge in [0.25, 0.3) is 5.91 Å². The van der Waals surface area contributed by atoms with Crippen molar-refractivity contribution in [3.63, 3.8) is 0 Å². The van der Waals surface area contributed by atoms with Gasteiger partial charge in [-0.25, -0.2) is 0 Å². The second kappa shape index (κ2) is 6.74. The van der Waals surface area contributed by atoms with E-state index in [0.29, 0.717) is 10.6 Å². The predicted octanol–water partition coefficient (Wildman–Crippen LogP) is 3.42. The van der Waals surface area contributed by atoms with Crippen molar-refractivity contribution >= 4 is 17.5 Å². The molecule has 0 aliphatic carbocycles. The summed E-state index contributed by atoms with van der Waals surface area (Å²) >= 11 is 5.85. The van der Waals surface area contributed by atoms with Crippen LogP contribution in [0.25, 0.3) is 0 Å². The minimum atomic E-state index is -0.449. The van der Waals surface area contributed by atoms with Crippen LogP contribution in [0.3, 0.4) is 0 Å². The van der Waals surface area contributed by atoms with E-state index in [9.17, 15) is 9.90 Å². The average Bonchev–Trinajstić information content (AvgIpc) is 2.45. The van der Waals surface area contributed by atoms with Crippen LogP contribution in [0, 0.1) is 13.8 Å². The highest BCUT2D eigenvalue weighted by Crippen LogP contribution is 2.18. The minimum Gasteiger partial charge on any atom is -0.394 e. The lowest BCUT2D eigenvalue weighted by atomic mass is 10.0. The van der Waals surface area contributed by atoms with E-state index in [0.717, 1.165) is 16.7 Å². The number of carbonyl (C=O) groups excluding carboxylic acids is 1. The number of benzene rings is 2. The Bertz CT molecular complexity index is 638. The average molecular weight is 304 g/mol. The molecule has 4 heteroatoms. The third-order valence-corrected chi connectivity index (χ3v) is 3.64. The van der Waals surface area contributed by atoms with Crippen LogP contribution < -0.4 is 5.32 Å². The standard InChI is InChI=1S/C17H18ClNO2/c1-11-3-8-15(12(2)9-11)17(21)19-16(10-20)13-4-6-14(18)7-5-13/h3-9,16,20H,10H2,1-2H3,(H,19,21). The largest absolute Gasteiger partial charge is 0.394 e. The van der Waals surface area contributed by atoms with Crippen LogP contribution in [0.2, 0.25) is 5.02 Å². The number of hydrogen-bond donors (Lipinski definition) is 2. The van der Waals surface area contributed by atoms with Crippen molar-refractivity contribution in [3.8, 4) is 0 Å². The van der Waals surface area contributed by atoms with Crippen molar-refractivity contribution in [1.29, 1.82) is 0 Å². The molecule has 0 radical (unpaired) electrons. The summed E-state index contributed by atoms with van der Waals surface area (Å²) in [5, 5.41) is 13.0. The molecule has 1 unspecified atom stereocenters. The number of amides is 1. The van der Waals surface area contributed by atoms with E-state index in [4.69, 9.17) is 11.6 Å². The number of nitrogens with one attached hydrogen (secondary N) is 1. The van der Waals surface area contributed by atoms with Crippen LogP contribution in [0.5, 0.6) is 0 Å². The number of carbonyl (C=O) groups is 1. The molecule has 2 N–H and O–H groups in total. The van der Waals surface area contributed by atoms with Crippen LogP contribution in [-0.2, 0) is 0 Å². The zero-order valence-corrected chi connectivity index (χ0v) is 12.8. The molecule has 0 saturated carbocycles. The number of halogens is 1. The van der Waals surface area contributed by atoms with E-state index in [2.05, 4.69) is 5.32 Å². The molecule has 0 aromatic heterocycles. The van der Waals surface area contributed by atoms with Gasteiger partial charge >= 0.3 is 0 Å². The predicted molar refractivity (Wildman–Crippen MR) is 84.7 cm³/mol. The van der Waals surface area contributed by atoms with E-state index in [1.54, 1.807) is 30.3 Å². The van der Waals surface area contributed by atoms with Crippen molar-refractivity contribution < 1.29 is 9.90 Å². The molecule has 0 saturated heterocycles. The fourth-order valence-electron chi connectivity index (χ4n) is 2.23. The number of aliphatic hydroxyl groups is 1. The first-order chi connectivity index (χ1) is 10.0. The normalized spacial score (nSPS) is 12.0. The molecule has 0 aliphatic heterocycles. The summed E-state index contributed by atoms with van der Waals surface area (Å²) < 4.78 is 0. The molecule has 0 fully saturated rings. The SMILES string of the molecule is Cc1ccc(C(=O)NC(CO)c2ccc(Cl)cc2)c(C)c1. The fourth-order valence-corrected chi connectivity index (χ4v) is 2.36. The highest BCUT2D eigenvalue weighted by atomic mass is 35.5. The minimum absolute atomic E-state index is 0.168. The van der Waals surface area contributed by atoms with Gasteiger partial charge in [-0.3, -0.25) is 4.79 Å². The molecule has 0 heterocycles. The first-order valence-corrected chi connectivity index (χ1v) is 7.13. The van der Waals surface area contributed by atoms with E-state index >= 15 is 0 Å². The quantitative estimate of drug-likeness (QED) is 0.909. The Morgan fingerprint density at radius 1 is 1.19 bits per heavy atom. The van der Waals surface area contributed by atoms with Crippen molar-refractivity contribution in [2.75, 3.05) is 6.61 Å². The molecule has 2 aromatic carbocycles. The first-order valence-electron chi connectivity index (χ1n) is 6.75. The first kappa shape index (κ1) is 15.5. The molecule has 21 heavy (non-hydrogen) atoms. The summed E-state index contributed by atoms with van der Waals surface area (Å²) in [7, 11) is 0. The maximum Gasteiger partial charge on any atom is 0.252 e. The molecule has 0 spiro atoms. The van der Waals surface area contributed by atoms with Gasteiger partial charge in [0.1, 0.15) is 0 Å². The lowest BCUT2D eigenvalue weighted by Crippen LogP contribution is -2.31. The van der Waals surface area contributed by atoms with Gasteiger partial charge in [0.15, 0.2) is 0 Å². The molecular formula is C17H18ClNO2. The smallest absolute Gasteiger partial charge is 0.252 e. The Morgan fingerprint density at radius 3 is 2.43 bits per heavy atom. The second-order valence-electron chi connectivity index (χ2n) is 5.08. The van der Waals surface area contributed by atoms with Crippen LogP contribution in [0.4, 0.5) is 0 Å². The van der Waals surface area contributed by atoms with Gasteiger partial charge in [0, 0.05) is 10.6 Å². The summed E-state index contributed by atoms with van der Waals surface area (Å²) in [6.07, 6.45) is 0. The van der Waals surface area contributed by atoms with Gasteiger partial charge in [0.05, 0.1) is 12.6 Å². The highest BCUT2D eigenvalue weighted by Gasteiger charge is 2.16. The second-order valence-corrected chi connectivity index (χ2v) is 5.51. The highest BCUT2D eigenvalue weighted by molar-refractivity contribution is 6.30. The summed E-state index contributed by atoms with van der Waals surface area (Å²) in [6.45, 7) is 3.72. The molecule has 3 nitrogen and oxygen atoms in total. The summed E-state index contributed by atoms with van der Waals surface area (Å²) in [5.41, 5.74) is 3.47. The van der Waals surface area contributed by atoms with E-state index in [1.165, 1.54) is 0 Å². The van der Waals surface area contributed by atoms with E-state index < -0.39 is 6.04 Å². The monoisotopic (exact) mass is 303 g/mol. The van der Waals surface area contributed by atoms with Crippen molar-refractivity contribution in [1.82, 2.24) is 5.32 Å². The fraction of sp³-hybridized carbons (Fsp3) is 0.235. The topological polar surface area (TPSA) is 49.3 Å². The lowest BCUT2D eigenvalue weighted by molar-refractivity contribution is 0.0915. The van der Waals surface area contributed by atoms with Gasteiger partial charge in [-0.15, -0.1) is 0 Å². The summed E-state index contributed by atoms with van der Waals surface area (Å²) in [6, 6.07) is 12.3. The zero-order chi connectivity index (χ0) is 15.4. The van der Waals surface area contributed by atoms with Crippen LogP contribution in [0.15, 0.2) is 42.5 Å². The van der Waals surface area contributed by atoms with Crippen molar-refractivity contribution in [3.05, 3.63) is 69.7 Å². The molecule has 1 atom stereocenters. The van der Waals surface area contributed by atoms with Gasteiger partial charge in [-0.05, 0) is 43.2 Å². The molecule has 2 aromatic rings. The number of aryl methyl sites for hydroxylation is 2. The van der Waals surface area contributed by atoms with Gasteiger partial charge in [-0.1, -0.05) is 41.4 Å². The van der Waals surface area contributed by atoms with Crippen LogP contribution >= 0.6 is 11.6 Å². The summed E-state index contributed by atoms with van der Waals surface area (Å²) in [4.78, 5) is 12.3. The number of hydrogen-bond acceptors (Lipinski definition) is 2. The van der Waals surface area contributed by atoms with Gasteiger partial charge in [0.2, 0.25) is 0 Å². The Balaban J connectivity index is 2.18. The number of rotatable bonds is 4. The Hall–Kier alpha value is -1.84. The third kappa shape index (κ3) is 3.84. The molecule has 1 amide bonds. The molecule has 2 rings (SSSR count). The van der Waals surface area contributed by atoms with Gasteiger partial charge < -0.3 is 10.4 Å². The maximum atomic E-state index is 12.3. The van der Waals surface area contributed by atoms with Crippen LogP contribution in [0.1, 0.15) is 33.1 Å². The van der Waals surface area contributed by atoms with Crippen LogP contribution in [-0.4, -0.2) is 17.6 Å². The van der Waals surface area contributed by atoms with E-state index in [1.807, 2.05) is 26.0 Å². The Morgan fingerprint density at radius 2 is 1.86 bits per heavy atom. The number of aliphatic hydroxyl groups excluding tert-OH is 1. The third-order valence-electron chi connectivity index (χ3n) is 3.39.